The van der Waals surface area contributed by atoms with E-state index in [1.54, 1.807) is 6.07 Å². The van der Waals surface area contributed by atoms with E-state index in [0.29, 0.717) is 20.9 Å². The molecule has 7 heteroatoms. The molecule has 1 amide bonds. The van der Waals surface area contributed by atoms with E-state index in [-0.39, 0.29) is 13.2 Å². The molecule has 94 valence electrons. The Morgan fingerprint density at radius 1 is 1.59 bits per heavy atom. The van der Waals surface area contributed by atoms with Crippen molar-refractivity contribution >= 4 is 39.3 Å². The lowest BCUT2D eigenvalue weighted by atomic mass is 10.3. The van der Waals surface area contributed by atoms with Crippen molar-refractivity contribution in [3.63, 3.8) is 0 Å². The number of methoxy groups -OCH3 is 1. The maximum Gasteiger partial charge on any atom is 0.411 e. The number of amides is 1. The van der Waals surface area contributed by atoms with E-state index in [2.05, 4.69) is 26.0 Å². The van der Waals surface area contributed by atoms with Crippen molar-refractivity contribution in [2.24, 2.45) is 0 Å². The number of anilines is 1. The number of benzene rings is 1. The Hall–Kier alpha value is -0.980. The van der Waals surface area contributed by atoms with E-state index in [1.807, 2.05) is 0 Å². The average molecular weight is 325 g/mol. The summed E-state index contributed by atoms with van der Waals surface area (Å²) in [6.07, 6.45) is -0.688. The number of rotatable bonds is 4. The fraction of sp³-hybridized carbons (Fsp3) is 0.300. The van der Waals surface area contributed by atoms with Gasteiger partial charge in [-0.25, -0.2) is 4.79 Å². The second kappa shape index (κ2) is 6.68. The van der Waals surface area contributed by atoms with Crippen LogP contribution in [0.4, 0.5) is 10.5 Å². The molecule has 0 heterocycles. The molecule has 5 nitrogen and oxygen atoms in total. The van der Waals surface area contributed by atoms with E-state index >= 15 is 0 Å². The second-order valence-electron chi connectivity index (χ2n) is 2.95. The summed E-state index contributed by atoms with van der Waals surface area (Å²) < 4.78 is 10.4. The predicted molar refractivity (Wildman–Crippen MR) is 67.8 cm³/mol. The van der Waals surface area contributed by atoms with Crippen molar-refractivity contribution in [1.29, 1.82) is 0 Å². The first-order chi connectivity index (χ1) is 8.08. The summed E-state index contributed by atoms with van der Waals surface area (Å²) in [7, 11) is 1.47. The van der Waals surface area contributed by atoms with Gasteiger partial charge in [0.2, 0.25) is 0 Å². The molecule has 1 rings (SSSR count). The first-order valence-electron chi connectivity index (χ1n) is 4.66. The molecule has 0 aliphatic rings. The molecule has 0 bridgehead atoms. The number of carbonyl (C=O) groups excluding carboxylic acids is 1. The number of halogens is 2. The van der Waals surface area contributed by atoms with Gasteiger partial charge < -0.3 is 14.6 Å². The molecule has 0 spiro atoms. The summed E-state index contributed by atoms with van der Waals surface area (Å²) in [4.78, 5) is 11.3. The van der Waals surface area contributed by atoms with Gasteiger partial charge in [-0.05, 0) is 28.1 Å². The normalized spacial score (nSPS) is 9.88. The van der Waals surface area contributed by atoms with E-state index in [1.165, 1.54) is 13.2 Å². The first kappa shape index (κ1) is 14.1. The summed E-state index contributed by atoms with van der Waals surface area (Å²) in [5.74, 6) is 0.440. The van der Waals surface area contributed by atoms with Gasteiger partial charge in [0.15, 0.2) is 5.75 Å². The van der Waals surface area contributed by atoms with Crippen LogP contribution in [0, 0.1) is 0 Å². The standard InChI is InChI=1S/C10H11BrClNO4/c1-16-9-7(11)4-6(12)5-8(9)13-10(15)17-3-2-14/h4-5,14H,2-3H2,1H3,(H,13,15). The van der Waals surface area contributed by atoms with Gasteiger partial charge in [-0.2, -0.15) is 0 Å². The molecule has 0 aliphatic carbocycles. The van der Waals surface area contributed by atoms with Crippen LogP contribution in [0.25, 0.3) is 0 Å². The van der Waals surface area contributed by atoms with E-state index in [4.69, 9.17) is 21.4 Å². The molecule has 0 aromatic heterocycles. The highest BCUT2D eigenvalue weighted by Gasteiger charge is 2.12. The van der Waals surface area contributed by atoms with Crippen molar-refractivity contribution in [1.82, 2.24) is 0 Å². The quantitative estimate of drug-likeness (QED) is 0.893. The smallest absolute Gasteiger partial charge is 0.411 e. The number of hydrogen-bond acceptors (Lipinski definition) is 4. The van der Waals surface area contributed by atoms with Gasteiger partial charge in [0, 0.05) is 5.02 Å². The number of nitrogens with one attached hydrogen (secondary N) is 1. The van der Waals surface area contributed by atoms with Crippen molar-refractivity contribution in [3.05, 3.63) is 21.6 Å². The van der Waals surface area contributed by atoms with Crippen molar-refractivity contribution < 1.29 is 19.4 Å². The monoisotopic (exact) mass is 323 g/mol. The molecular weight excluding hydrogens is 313 g/mol. The van der Waals surface area contributed by atoms with Gasteiger partial charge in [0.25, 0.3) is 0 Å². The van der Waals surface area contributed by atoms with Crippen LogP contribution in [0.1, 0.15) is 0 Å². The van der Waals surface area contributed by atoms with Crippen molar-refractivity contribution in [2.45, 2.75) is 0 Å². The SMILES string of the molecule is COc1c(Br)cc(Cl)cc1NC(=O)OCCO. The Labute approximate surface area is 112 Å². The van der Waals surface area contributed by atoms with Crippen LogP contribution in [-0.4, -0.2) is 31.5 Å². The summed E-state index contributed by atoms with van der Waals surface area (Å²) in [6.45, 7) is -0.306. The summed E-state index contributed by atoms with van der Waals surface area (Å²) >= 11 is 9.11. The lowest BCUT2D eigenvalue weighted by Crippen LogP contribution is -2.16. The Bertz CT molecular complexity index is 414. The summed E-state index contributed by atoms with van der Waals surface area (Å²) in [5.41, 5.74) is 0.384. The van der Waals surface area contributed by atoms with Gasteiger partial charge in [-0.15, -0.1) is 0 Å². The summed E-state index contributed by atoms with van der Waals surface area (Å²) in [6, 6.07) is 3.18. The number of carbonyl (C=O) groups is 1. The minimum Gasteiger partial charge on any atom is -0.493 e. The zero-order valence-electron chi connectivity index (χ0n) is 9.00. The van der Waals surface area contributed by atoms with E-state index in [0.717, 1.165) is 0 Å². The Balaban J connectivity index is 2.85. The van der Waals surface area contributed by atoms with Gasteiger partial charge in [-0.1, -0.05) is 11.6 Å². The van der Waals surface area contributed by atoms with Crippen molar-refractivity contribution in [2.75, 3.05) is 25.6 Å². The van der Waals surface area contributed by atoms with Gasteiger partial charge in [0.1, 0.15) is 6.61 Å². The topological polar surface area (TPSA) is 67.8 Å². The highest BCUT2D eigenvalue weighted by Crippen LogP contribution is 2.36. The zero-order valence-corrected chi connectivity index (χ0v) is 11.3. The Morgan fingerprint density at radius 3 is 2.88 bits per heavy atom. The molecule has 1 aromatic rings. The molecule has 0 saturated heterocycles. The third-order valence-corrected chi connectivity index (χ3v) is 2.58. The van der Waals surface area contributed by atoms with Crippen LogP contribution >= 0.6 is 27.5 Å². The molecule has 2 N–H and O–H groups in total. The zero-order chi connectivity index (χ0) is 12.8. The predicted octanol–water partition coefficient (Wildman–Crippen LogP) is 2.65. The highest BCUT2D eigenvalue weighted by atomic mass is 79.9. The number of ether oxygens (including phenoxy) is 2. The van der Waals surface area contributed by atoms with Crippen LogP contribution in [0.2, 0.25) is 5.02 Å². The van der Waals surface area contributed by atoms with Crippen molar-refractivity contribution in [3.8, 4) is 5.75 Å². The lowest BCUT2D eigenvalue weighted by Gasteiger charge is -2.12. The van der Waals surface area contributed by atoms with E-state index < -0.39 is 6.09 Å². The fourth-order valence-corrected chi connectivity index (χ4v) is 2.12. The number of hydrogen-bond donors (Lipinski definition) is 2. The third-order valence-electron chi connectivity index (χ3n) is 1.77. The lowest BCUT2D eigenvalue weighted by molar-refractivity contribution is 0.131. The highest BCUT2D eigenvalue weighted by molar-refractivity contribution is 9.10. The molecule has 17 heavy (non-hydrogen) atoms. The second-order valence-corrected chi connectivity index (χ2v) is 4.24. The molecular formula is C10H11BrClNO4. The average Bonchev–Trinajstić information content (AvgIpc) is 2.25. The number of aliphatic hydroxyl groups is 1. The van der Waals surface area contributed by atoms with Gasteiger partial charge in [0.05, 0.1) is 23.9 Å². The van der Waals surface area contributed by atoms with Crippen LogP contribution in [0.5, 0.6) is 5.75 Å². The maximum atomic E-state index is 11.3. The Morgan fingerprint density at radius 2 is 2.29 bits per heavy atom. The molecule has 0 aliphatic heterocycles. The van der Waals surface area contributed by atoms with Crippen LogP contribution in [-0.2, 0) is 4.74 Å². The fourth-order valence-electron chi connectivity index (χ4n) is 1.15. The minimum absolute atomic E-state index is 0.0735. The van der Waals surface area contributed by atoms with Gasteiger partial charge in [-0.3, -0.25) is 5.32 Å². The summed E-state index contributed by atoms with van der Waals surface area (Å²) in [5, 5.41) is 11.4. The maximum absolute atomic E-state index is 11.3. The number of aliphatic hydroxyl groups excluding tert-OH is 1. The first-order valence-corrected chi connectivity index (χ1v) is 5.83. The molecule has 0 fully saturated rings. The van der Waals surface area contributed by atoms with Crippen LogP contribution in [0.3, 0.4) is 0 Å². The van der Waals surface area contributed by atoms with Gasteiger partial charge >= 0.3 is 6.09 Å². The Kier molecular flexibility index (Phi) is 5.54. The largest absolute Gasteiger partial charge is 0.493 e. The third kappa shape index (κ3) is 4.07. The molecule has 1 aromatic carbocycles. The molecule has 0 radical (unpaired) electrons. The van der Waals surface area contributed by atoms with Crippen LogP contribution in [0.15, 0.2) is 16.6 Å². The minimum atomic E-state index is -0.688. The molecule has 0 unspecified atom stereocenters. The molecule has 0 atom stereocenters. The van der Waals surface area contributed by atoms with E-state index in [9.17, 15) is 4.79 Å². The molecule has 0 saturated carbocycles. The van der Waals surface area contributed by atoms with Crippen LogP contribution < -0.4 is 10.1 Å².